The van der Waals surface area contributed by atoms with Gasteiger partial charge in [-0.1, -0.05) is 0 Å². The number of carbonyl (C=O) groups excluding carboxylic acids is 2. The van der Waals surface area contributed by atoms with Gasteiger partial charge in [0.1, 0.15) is 0 Å². The molecule has 9 heteroatoms. The predicted molar refractivity (Wildman–Crippen MR) is 97.3 cm³/mol. The quantitative estimate of drug-likeness (QED) is 0.759. The highest BCUT2D eigenvalue weighted by Crippen LogP contribution is 2.33. The van der Waals surface area contributed by atoms with Crippen LogP contribution in [0.1, 0.15) is 6.92 Å². The highest BCUT2D eigenvalue weighted by Gasteiger charge is 2.20. The highest BCUT2D eigenvalue weighted by molar-refractivity contribution is 8.00. The van der Waals surface area contributed by atoms with E-state index in [0.717, 1.165) is 4.90 Å². The molecule has 0 saturated heterocycles. The van der Waals surface area contributed by atoms with Crippen molar-refractivity contribution in [3.05, 3.63) is 42.5 Å². The van der Waals surface area contributed by atoms with Gasteiger partial charge in [-0.3, -0.25) is 14.3 Å². The van der Waals surface area contributed by atoms with Crippen molar-refractivity contribution < 1.29 is 18.0 Å². The third kappa shape index (κ3) is 4.12. The maximum Gasteiger partial charge on any atom is 0.261 e. The smallest absolute Gasteiger partial charge is 0.261 e. The van der Waals surface area contributed by atoms with Crippen LogP contribution in [0.4, 0.5) is 17.1 Å². The molecule has 130 valence electrons. The maximum absolute atomic E-state index is 12.5. The number of hydrogen-bond acceptors (Lipinski definition) is 5. The van der Waals surface area contributed by atoms with Gasteiger partial charge in [0.25, 0.3) is 10.0 Å². The van der Waals surface area contributed by atoms with Crippen LogP contribution in [0.15, 0.2) is 52.3 Å². The first-order valence-corrected chi connectivity index (χ1v) is 9.77. The Morgan fingerprint density at radius 1 is 1.12 bits per heavy atom. The zero-order valence-corrected chi connectivity index (χ0v) is 14.8. The average Bonchev–Trinajstić information content (AvgIpc) is 2.55. The molecule has 25 heavy (non-hydrogen) atoms. The fourth-order valence-corrected chi connectivity index (χ4v) is 4.14. The zero-order valence-electron chi connectivity index (χ0n) is 13.2. The summed E-state index contributed by atoms with van der Waals surface area (Å²) in [5.41, 5.74) is 1.43. The summed E-state index contributed by atoms with van der Waals surface area (Å²) in [6.45, 7) is 1.39. The molecule has 0 bridgehead atoms. The maximum atomic E-state index is 12.5. The van der Waals surface area contributed by atoms with Crippen LogP contribution in [0, 0.1) is 0 Å². The van der Waals surface area contributed by atoms with E-state index in [4.69, 9.17) is 0 Å². The van der Waals surface area contributed by atoms with Crippen molar-refractivity contribution in [3.8, 4) is 0 Å². The number of hydrogen-bond donors (Lipinski definition) is 3. The minimum absolute atomic E-state index is 0.0555. The minimum atomic E-state index is -3.80. The third-order valence-corrected chi connectivity index (χ3v) is 5.80. The molecule has 0 radical (unpaired) electrons. The van der Waals surface area contributed by atoms with Crippen LogP contribution in [0.3, 0.4) is 0 Å². The van der Waals surface area contributed by atoms with Crippen molar-refractivity contribution in [1.82, 2.24) is 0 Å². The lowest BCUT2D eigenvalue weighted by atomic mass is 10.3. The minimum Gasteiger partial charge on any atom is -0.326 e. The molecule has 0 unspecified atom stereocenters. The fourth-order valence-electron chi connectivity index (χ4n) is 2.27. The second-order valence-corrected chi connectivity index (χ2v) is 8.06. The van der Waals surface area contributed by atoms with Gasteiger partial charge in [0.15, 0.2) is 0 Å². The van der Waals surface area contributed by atoms with Crippen LogP contribution in [0.25, 0.3) is 0 Å². The SMILES string of the molecule is CC(=O)Nc1ccc(NS(=O)(=O)c2ccc3c(c2)NC(=O)CS3)cc1. The van der Waals surface area contributed by atoms with Gasteiger partial charge < -0.3 is 10.6 Å². The van der Waals surface area contributed by atoms with Crippen molar-refractivity contribution in [2.75, 3.05) is 21.1 Å². The van der Waals surface area contributed by atoms with E-state index in [1.807, 2.05) is 0 Å². The number of fused-ring (bicyclic) bond motifs is 1. The number of rotatable bonds is 4. The van der Waals surface area contributed by atoms with Gasteiger partial charge in [-0.2, -0.15) is 0 Å². The van der Waals surface area contributed by atoms with Gasteiger partial charge >= 0.3 is 0 Å². The van der Waals surface area contributed by atoms with E-state index in [2.05, 4.69) is 15.4 Å². The number of thioether (sulfide) groups is 1. The molecular weight excluding hydrogens is 362 g/mol. The van der Waals surface area contributed by atoms with Crippen LogP contribution in [-0.4, -0.2) is 26.0 Å². The predicted octanol–water partition coefficient (Wildman–Crippen LogP) is 2.49. The van der Waals surface area contributed by atoms with Gasteiger partial charge in [0, 0.05) is 23.2 Å². The van der Waals surface area contributed by atoms with E-state index < -0.39 is 10.0 Å². The molecule has 1 aliphatic heterocycles. The molecule has 3 rings (SSSR count). The molecule has 1 heterocycles. The van der Waals surface area contributed by atoms with E-state index >= 15 is 0 Å². The molecule has 0 atom stereocenters. The van der Waals surface area contributed by atoms with Crippen molar-refractivity contribution in [2.45, 2.75) is 16.7 Å². The Kier molecular flexibility index (Phi) is 4.69. The summed E-state index contributed by atoms with van der Waals surface area (Å²) in [5.74, 6) is -0.0475. The summed E-state index contributed by atoms with van der Waals surface area (Å²) in [6, 6.07) is 10.9. The lowest BCUT2D eigenvalue weighted by Crippen LogP contribution is -2.20. The molecule has 2 aromatic carbocycles. The van der Waals surface area contributed by atoms with Crippen molar-refractivity contribution in [3.63, 3.8) is 0 Å². The molecular formula is C16H15N3O4S2. The van der Waals surface area contributed by atoms with Gasteiger partial charge in [-0.25, -0.2) is 8.42 Å². The molecule has 0 fully saturated rings. The first kappa shape index (κ1) is 17.3. The molecule has 0 aromatic heterocycles. The normalized spacial score (nSPS) is 13.6. The van der Waals surface area contributed by atoms with Crippen LogP contribution in [-0.2, 0) is 19.6 Å². The average molecular weight is 377 g/mol. The van der Waals surface area contributed by atoms with Gasteiger partial charge in [-0.05, 0) is 42.5 Å². The molecule has 0 saturated carbocycles. The van der Waals surface area contributed by atoms with Gasteiger partial charge in [0.05, 0.1) is 16.3 Å². The summed E-state index contributed by atoms with van der Waals surface area (Å²) in [6.07, 6.45) is 0. The van der Waals surface area contributed by atoms with Crippen LogP contribution in [0.2, 0.25) is 0 Å². The van der Waals surface area contributed by atoms with Gasteiger partial charge in [-0.15, -0.1) is 11.8 Å². The molecule has 0 spiro atoms. The highest BCUT2D eigenvalue weighted by atomic mass is 32.2. The molecule has 0 aliphatic carbocycles. The lowest BCUT2D eigenvalue weighted by molar-refractivity contribution is -0.114. The number of amides is 2. The van der Waals surface area contributed by atoms with Crippen LogP contribution >= 0.6 is 11.8 Å². The summed E-state index contributed by atoms with van der Waals surface area (Å²) in [5, 5.41) is 5.28. The Morgan fingerprint density at radius 2 is 1.80 bits per heavy atom. The lowest BCUT2D eigenvalue weighted by Gasteiger charge is -2.17. The fraction of sp³-hybridized carbons (Fsp3) is 0.125. The van der Waals surface area contributed by atoms with E-state index in [9.17, 15) is 18.0 Å². The zero-order chi connectivity index (χ0) is 18.0. The Labute approximate surface area is 149 Å². The van der Waals surface area contributed by atoms with Crippen molar-refractivity contribution >= 4 is 50.7 Å². The molecule has 2 amide bonds. The Morgan fingerprint density at radius 3 is 2.48 bits per heavy atom. The standard InChI is InChI=1S/C16H15N3O4S2/c1-10(20)17-11-2-4-12(5-3-11)19-25(22,23)13-6-7-15-14(8-13)18-16(21)9-24-15/h2-8,19H,9H2,1H3,(H,17,20)(H,18,21). The second kappa shape index (κ2) is 6.77. The number of sulfonamides is 1. The van der Waals surface area contributed by atoms with E-state index in [1.54, 1.807) is 30.3 Å². The number of benzene rings is 2. The van der Waals surface area contributed by atoms with Crippen molar-refractivity contribution in [2.24, 2.45) is 0 Å². The van der Waals surface area contributed by atoms with E-state index in [0.29, 0.717) is 22.8 Å². The van der Waals surface area contributed by atoms with E-state index in [1.165, 1.54) is 30.8 Å². The number of anilines is 3. The monoisotopic (exact) mass is 377 g/mol. The topological polar surface area (TPSA) is 104 Å². The Hall–Kier alpha value is -2.52. The number of nitrogens with one attached hydrogen (secondary N) is 3. The van der Waals surface area contributed by atoms with Crippen LogP contribution in [0.5, 0.6) is 0 Å². The Bertz CT molecular complexity index is 940. The third-order valence-electron chi connectivity index (χ3n) is 3.35. The van der Waals surface area contributed by atoms with E-state index in [-0.39, 0.29) is 16.7 Å². The largest absolute Gasteiger partial charge is 0.326 e. The Balaban J connectivity index is 1.81. The number of carbonyl (C=O) groups is 2. The second-order valence-electron chi connectivity index (χ2n) is 5.36. The molecule has 7 nitrogen and oxygen atoms in total. The molecule has 2 aromatic rings. The first-order valence-electron chi connectivity index (χ1n) is 7.31. The summed E-state index contributed by atoms with van der Waals surface area (Å²) >= 11 is 1.36. The molecule has 1 aliphatic rings. The summed E-state index contributed by atoms with van der Waals surface area (Å²) in [4.78, 5) is 23.3. The molecule has 3 N–H and O–H groups in total. The summed E-state index contributed by atoms with van der Waals surface area (Å²) < 4.78 is 27.5. The van der Waals surface area contributed by atoms with Crippen molar-refractivity contribution in [1.29, 1.82) is 0 Å². The first-order chi connectivity index (χ1) is 11.8. The summed E-state index contributed by atoms with van der Waals surface area (Å²) in [7, 11) is -3.80. The van der Waals surface area contributed by atoms with Crippen LogP contribution < -0.4 is 15.4 Å². The van der Waals surface area contributed by atoms with Gasteiger partial charge in [0.2, 0.25) is 11.8 Å².